The van der Waals surface area contributed by atoms with Crippen molar-refractivity contribution in [3.05, 3.63) is 42.0 Å². The average Bonchev–Trinajstić information content (AvgIpc) is 2.56. The average molecular weight is 271 g/mol. The van der Waals surface area contributed by atoms with Crippen molar-refractivity contribution >= 4 is 6.08 Å². The van der Waals surface area contributed by atoms with Gasteiger partial charge in [-0.2, -0.15) is 0 Å². The summed E-state index contributed by atoms with van der Waals surface area (Å²) in [7, 11) is 0. The minimum atomic E-state index is 0.524. The lowest BCUT2D eigenvalue weighted by atomic mass is 9.77. The zero-order valence-electron chi connectivity index (χ0n) is 12.2. The molecule has 0 spiro atoms. The highest BCUT2D eigenvalue weighted by Crippen LogP contribution is 2.36. The van der Waals surface area contributed by atoms with E-state index in [0.717, 1.165) is 31.6 Å². The number of rotatable bonds is 3. The van der Waals surface area contributed by atoms with Crippen LogP contribution in [0.1, 0.15) is 42.9 Å². The third-order valence-electron chi connectivity index (χ3n) is 4.95. The summed E-state index contributed by atoms with van der Waals surface area (Å²) in [6.07, 6.45) is 7.02. The first-order valence-electron chi connectivity index (χ1n) is 7.90. The highest BCUT2D eigenvalue weighted by molar-refractivity contribution is 5.47. The van der Waals surface area contributed by atoms with Crippen LogP contribution in [0.4, 0.5) is 0 Å². The molecule has 0 radical (unpaired) electrons. The number of piperidine rings is 1. The molecule has 0 aromatic heterocycles. The van der Waals surface area contributed by atoms with Crippen molar-refractivity contribution in [1.82, 2.24) is 5.32 Å². The first-order chi connectivity index (χ1) is 9.86. The van der Waals surface area contributed by atoms with Gasteiger partial charge in [-0.3, -0.25) is 0 Å². The second-order valence-corrected chi connectivity index (χ2v) is 6.11. The van der Waals surface area contributed by atoms with Crippen molar-refractivity contribution in [3.8, 4) is 0 Å². The fourth-order valence-corrected chi connectivity index (χ4v) is 3.68. The lowest BCUT2D eigenvalue weighted by molar-refractivity contribution is 0.0367. The van der Waals surface area contributed by atoms with E-state index in [2.05, 4.69) is 36.2 Å². The summed E-state index contributed by atoms with van der Waals surface area (Å²) in [6.45, 7) is 6.90. The first kappa shape index (κ1) is 13.8. The molecule has 1 aromatic carbocycles. The van der Waals surface area contributed by atoms with E-state index in [-0.39, 0.29) is 0 Å². The summed E-state index contributed by atoms with van der Waals surface area (Å²) in [5, 5.41) is 3.68. The van der Waals surface area contributed by atoms with Crippen molar-refractivity contribution in [3.63, 3.8) is 0 Å². The molecule has 2 fully saturated rings. The Hall–Kier alpha value is -1.12. The molecule has 2 heterocycles. The van der Waals surface area contributed by atoms with Gasteiger partial charge < -0.3 is 10.1 Å². The fourth-order valence-electron chi connectivity index (χ4n) is 3.68. The van der Waals surface area contributed by atoms with Gasteiger partial charge in [0.05, 0.1) is 0 Å². The molecule has 1 N–H and O–H groups in total. The third kappa shape index (κ3) is 3.13. The smallest absolute Gasteiger partial charge is 0.0468 e. The van der Waals surface area contributed by atoms with Gasteiger partial charge in [-0.1, -0.05) is 36.9 Å². The SMILES string of the molecule is C=Cc1ccc([C@@H]2CC(C3CCOCC3)CCN2)cc1. The van der Waals surface area contributed by atoms with Crippen LogP contribution < -0.4 is 5.32 Å². The van der Waals surface area contributed by atoms with E-state index < -0.39 is 0 Å². The third-order valence-corrected chi connectivity index (χ3v) is 4.95. The Balaban J connectivity index is 1.65. The van der Waals surface area contributed by atoms with Crippen LogP contribution in [0.2, 0.25) is 0 Å². The lowest BCUT2D eigenvalue weighted by Gasteiger charge is -2.37. The van der Waals surface area contributed by atoms with Crippen LogP contribution in [0.5, 0.6) is 0 Å². The molecule has 0 bridgehead atoms. The Labute approximate surface area is 122 Å². The van der Waals surface area contributed by atoms with Crippen molar-refractivity contribution in [2.75, 3.05) is 19.8 Å². The highest BCUT2D eigenvalue weighted by Gasteiger charge is 2.29. The Morgan fingerprint density at radius 2 is 1.80 bits per heavy atom. The molecule has 3 rings (SSSR count). The Morgan fingerprint density at radius 3 is 2.50 bits per heavy atom. The van der Waals surface area contributed by atoms with Crippen LogP contribution in [0, 0.1) is 11.8 Å². The number of nitrogens with one attached hydrogen (secondary N) is 1. The Morgan fingerprint density at radius 1 is 1.05 bits per heavy atom. The van der Waals surface area contributed by atoms with E-state index in [9.17, 15) is 0 Å². The van der Waals surface area contributed by atoms with Crippen LogP contribution in [0.3, 0.4) is 0 Å². The minimum absolute atomic E-state index is 0.524. The van der Waals surface area contributed by atoms with Crippen molar-refractivity contribution in [2.24, 2.45) is 11.8 Å². The number of ether oxygens (including phenoxy) is 1. The summed E-state index contributed by atoms with van der Waals surface area (Å²) >= 11 is 0. The molecule has 2 aliphatic rings. The standard InChI is InChI=1S/C18H25NO/c1-2-14-3-5-16(6-4-14)18-13-17(7-10-19-18)15-8-11-20-12-9-15/h2-6,15,17-19H,1,7-13H2/t17?,18-/m0/s1. The van der Waals surface area contributed by atoms with Gasteiger partial charge in [0.15, 0.2) is 0 Å². The van der Waals surface area contributed by atoms with Gasteiger partial charge in [0.2, 0.25) is 0 Å². The maximum absolute atomic E-state index is 5.50. The van der Waals surface area contributed by atoms with E-state index in [0.29, 0.717) is 6.04 Å². The minimum Gasteiger partial charge on any atom is -0.381 e. The van der Waals surface area contributed by atoms with Crippen LogP contribution in [0.25, 0.3) is 6.08 Å². The number of benzene rings is 1. The summed E-state index contributed by atoms with van der Waals surface area (Å²) in [5.74, 6) is 1.74. The van der Waals surface area contributed by atoms with E-state index >= 15 is 0 Å². The van der Waals surface area contributed by atoms with Crippen molar-refractivity contribution in [1.29, 1.82) is 0 Å². The molecule has 20 heavy (non-hydrogen) atoms. The van der Waals surface area contributed by atoms with E-state index in [1.165, 1.54) is 36.8 Å². The summed E-state index contributed by atoms with van der Waals surface area (Å²) in [6, 6.07) is 9.36. The molecule has 2 atom stereocenters. The molecule has 2 aliphatic heterocycles. The predicted molar refractivity (Wildman–Crippen MR) is 83.5 cm³/mol. The number of hydrogen-bond acceptors (Lipinski definition) is 2. The second kappa shape index (κ2) is 6.55. The second-order valence-electron chi connectivity index (χ2n) is 6.11. The van der Waals surface area contributed by atoms with Gasteiger partial charge in [-0.05, 0) is 55.2 Å². The molecule has 0 amide bonds. The zero-order valence-corrected chi connectivity index (χ0v) is 12.2. The van der Waals surface area contributed by atoms with Gasteiger partial charge in [0.25, 0.3) is 0 Å². The molecule has 1 unspecified atom stereocenters. The molecule has 2 saturated heterocycles. The van der Waals surface area contributed by atoms with Gasteiger partial charge in [0.1, 0.15) is 0 Å². The first-order valence-corrected chi connectivity index (χ1v) is 7.90. The summed E-state index contributed by atoms with van der Waals surface area (Å²) < 4.78 is 5.50. The normalized spacial score (nSPS) is 28.2. The number of hydrogen-bond donors (Lipinski definition) is 1. The molecule has 0 aliphatic carbocycles. The zero-order chi connectivity index (χ0) is 13.8. The van der Waals surface area contributed by atoms with Crippen LogP contribution in [-0.2, 0) is 4.74 Å². The van der Waals surface area contributed by atoms with E-state index in [4.69, 9.17) is 4.74 Å². The van der Waals surface area contributed by atoms with Gasteiger partial charge >= 0.3 is 0 Å². The largest absolute Gasteiger partial charge is 0.381 e. The van der Waals surface area contributed by atoms with E-state index in [1.807, 2.05) is 6.08 Å². The maximum atomic E-state index is 5.50. The maximum Gasteiger partial charge on any atom is 0.0468 e. The van der Waals surface area contributed by atoms with E-state index in [1.54, 1.807) is 0 Å². The van der Waals surface area contributed by atoms with Gasteiger partial charge in [0, 0.05) is 19.3 Å². The fraction of sp³-hybridized carbons (Fsp3) is 0.556. The lowest BCUT2D eigenvalue weighted by Crippen LogP contribution is -2.36. The molecular formula is C18H25NO. The molecule has 2 heteroatoms. The monoisotopic (exact) mass is 271 g/mol. The molecular weight excluding hydrogens is 246 g/mol. The van der Waals surface area contributed by atoms with Gasteiger partial charge in [-0.15, -0.1) is 0 Å². The van der Waals surface area contributed by atoms with Crippen LogP contribution in [0.15, 0.2) is 30.8 Å². The summed E-state index contributed by atoms with van der Waals surface area (Å²) in [4.78, 5) is 0. The summed E-state index contributed by atoms with van der Waals surface area (Å²) in [5.41, 5.74) is 2.62. The molecule has 0 saturated carbocycles. The molecule has 1 aromatic rings. The van der Waals surface area contributed by atoms with Crippen molar-refractivity contribution in [2.45, 2.75) is 31.7 Å². The topological polar surface area (TPSA) is 21.3 Å². The van der Waals surface area contributed by atoms with Crippen LogP contribution in [-0.4, -0.2) is 19.8 Å². The quantitative estimate of drug-likeness (QED) is 0.903. The highest BCUT2D eigenvalue weighted by atomic mass is 16.5. The van der Waals surface area contributed by atoms with Gasteiger partial charge in [-0.25, -0.2) is 0 Å². The molecule has 108 valence electrons. The van der Waals surface area contributed by atoms with Crippen LogP contribution >= 0.6 is 0 Å². The van der Waals surface area contributed by atoms with Crippen molar-refractivity contribution < 1.29 is 4.74 Å². The predicted octanol–water partition coefficient (Wildman–Crippen LogP) is 3.80. The Bertz CT molecular complexity index is 433. The Kier molecular flexibility index (Phi) is 4.54. The molecule has 2 nitrogen and oxygen atoms in total.